The highest BCUT2D eigenvalue weighted by molar-refractivity contribution is 4.94. The number of nitrogens with zero attached hydrogens (tertiary/aromatic N) is 3. The molecule has 0 saturated heterocycles. The van der Waals surface area contributed by atoms with E-state index in [1.54, 1.807) is 4.68 Å². The van der Waals surface area contributed by atoms with Crippen molar-refractivity contribution in [2.45, 2.75) is 59.7 Å². The normalized spacial score (nSPS) is 13.0. The second kappa shape index (κ2) is 5.80. The first-order chi connectivity index (χ1) is 8.22. The van der Waals surface area contributed by atoms with Crippen molar-refractivity contribution in [3.8, 4) is 0 Å². The Bertz CT molecular complexity index is 365. The number of nitrogens with one attached hydrogen (secondary N) is 1. The van der Waals surface area contributed by atoms with Crippen molar-refractivity contribution in [1.82, 2.24) is 20.3 Å². The van der Waals surface area contributed by atoms with Crippen LogP contribution < -0.4 is 5.32 Å². The van der Waals surface area contributed by atoms with E-state index in [1.165, 1.54) is 0 Å². The van der Waals surface area contributed by atoms with E-state index < -0.39 is 0 Å². The van der Waals surface area contributed by atoms with Gasteiger partial charge in [0, 0.05) is 18.3 Å². The average molecular weight is 254 g/mol. The average Bonchev–Trinajstić information content (AvgIpc) is 2.60. The molecule has 0 saturated carbocycles. The topological polar surface area (TPSA) is 63.0 Å². The largest absolute Gasteiger partial charge is 0.394 e. The van der Waals surface area contributed by atoms with Crippen LogP contribution in [0.15, 0.2) is 6.20 Å². The molecule has 1 heterocycles. The van der Waals surface area contributed by atoms with Gasteiger partial charge in [-0.1, -0.05) is 26.0 Å². The highest BCUT2D eigenvalue weighted by Gasteiger charge is 2.24. The third-order valence-corrected chi connectivity index (χ3v) is 2.64. The van der Waals surface area contributed by atoms with Crippen LogP contribution in [0.4, 0.5) is 0 Å². The van der Waals surface area contributed by atoms with Gasteiger partial charge in [0.2, 0.25) is 0 Å². The summed E-state index contributed by atoms with van der Waals surface area (Å²) in [7, 11) is 0. The van der Waals surface area contributed by atoms with E-state index in [-0.39, 0.29) is 12.1 Å². The summed E-state index contributed by atoms with van der Waals surface area (Å²) in [5.41, 5.74) is 1.27. The maximum absolute atomic E-state index is 8.81. The first-order valence-corrected chi connectivity index (χ1v) is 6.47. The minimum Gasteiger partial charge on any atom is -0.394 e. The molecule has 0 aromatic carbocycles. The van der Waals surface area contributed by atoms with Gasteiger partial charge in [0.15, 0.2) is 0 Å². The number of hydrogen-bond donors (Lipinski definition) is 2. The standard InChI is InChI=1S/C13H26N4O/c1-12(2,3)10-13(4,5)14-8-11-9-17(6-7-18)16-15-11/h9,14,18H,6-8,10H2,1-5H3. The van der Waals surface area contributed by atoms with Gasteiger partial charge in [0.1, 0.15) is 0 Å². The molecule has 5 heteroatoms. The Labute approximate surface area is 110 Å². The first-order valence-electron chi connectivity index (χ1n) is 6.47. The molecular weight excluding hydrogens is 228 g/mol. The number of aliphatic hydroxyl groups excluding tert-OH is 1. The zero-order valence-electron chi connectivity index (χ0n) is 12.2. The van der Waals surface area contributed by atoms with E-state index >= 15 is 0 Å². The smallest absolute Gasteiger partial charge is 0.0965 e. The lowest BCUT2D eigenvalue weighted by Gasteiger charge is -2.33. The molecule has 0 bridgehead atoms. The second-order valence-corrected chi connectivity index (χ2v) is 6.67. The van der Waals surface area contributed by atoms with Gasteiger partial charge >= 0.3 is 0 Å². The fourth-order valence-electron chi connectivity index (χ4n) is 2.35. The van der Waals surface area contributed by atoms with Crippen LogP contribution in [0.3, 0.4) is 0 Å². The molecule has 1 aromatic heterocycles. The maximum atomic E-state index is 8.81. The Balaban J connectivity index is 2.48. The van der Waals surface area contributed by atoms with Crippen molar-refractivity contribution in [2.75, 3.05) is 6.61 Å². The van der Waals surface area contributed by atoms with Gasteiger partial charge < -0.3 is 10.4 Å². The molecular formula is C13H26N4O. The number of aliphatic hydroxyl groups is 1. The number of rotatable bonds is 6. The van der Waals surface area contributed by atoms with Gasteiger partial charge in [-0.3, -0.25) is 0 Å². The summed E-state index contributed by atoms with van der Waals surface area (Å²) >= 11 is 0. The van der Waals surface area contributed by atoms with Crippen LogP contribution in [0, 0.1) is 5.41 Å². The van der Waals surface area contributed by atoms with Crippen molar-refractivity contribution >= 4 is 0 Å². The van der Waals surface area contributed by atoms with Gasteiger partial charge in [0.25, 0.3) is 0 Å². The van der Waals surface area contributed by atoms with E-state index in [1.807, 2.05) is 6.20 Å². The molecule has 1 rings (SSSR count). The van der Waals surface area contributed by atoms with E-state index in [4.69, 9.17) is 5.11 Å². The molecule has 2 N–H and O–H groups in total. The van der Waals surface area contributed by atoms with Crippen LogP contribution in [-0.4, -0.2) is 32.2 Å². The molecule has 0 spiro atoms. The maximum Gasteiger partial charge on any atom is 0.0965 e. The van der Waals surface area contributed by atoms with E-state index in [0.717, 1.165) is 12.1 Å². The highest BCUT2D eigenvalue weighted by atomic mass is 16.3. The Kier molecular flexibility index (Phi) is 4.87. The van der Waals surface area contributed by atoms with Crippen LogP contribution in [0.2, 0.25) is 0 Å². The van der Waals surface area contributed by atoms with Crippen molar-refractivity contribution < 1.29 is 5.11 Å². The minimum atomic E-state index is 0.0685. The van der Waals surface area contributed by atoms with Gasteiger partial charge in [-0.2, -0.15) is 0 Å². The lowest BCUT2D eigenvalue weighted by Crippen LogP contribution is -2.41. The van der Waals surface area contributed by atoms with Gasteiger partial charge in [-0.25, -0.2) is 4.68 Å². The summed E-state index contributed by atoms with van der Waals surface area (Å²) in [5, 5.41) is 20.3. The summed E-state index contributed by atoms with van der Waals surface area (Å²) in [4.78, 5) is 0. The summed E-state index contributed by atoms with van der Waals surface area (Å²) in [6.07, 6.45) is 2.96. The molecule has 0 fully saturated rings. The fourth-order valence-corrected chi connectivity index (χ4v) is 2.35. The lowest BCUT2D eigenvalue weighted by atomic mass is 9.82. The Morgan fingerprint density at radius 1 is 1.28 bits per heavy atom. The molecule has 18 heavy (non-hydrogen) atoms. The van der Waals surface area contributed by atoms with Crippen LogP contribution in [0.25, 0.3) is 0 Å². The Hall–Kier alpha value is -0.940. The molecule has 0 amide bonds. The fraction of sp³-hybridized carbons (Fsp3) is 0.846. The summed E-state index contributed by atoms with van der Waals surface area (Å²) in [6, 6.07) is 0. The zero-order chi connectivity index (χ0) is 13.8. The molecule has 0 aliphatic rings. The molecule has 0 unspecified atom stereocenters. The molecule has 1 aromatic rings. The van der Waals surface area contributed by atoms with Crippen LogP contribution in [0.5, 0.6) is 0 Å². The summed E-state index contributed by atoms with van der Waals surface area (Å²) < 4.78 is 1.66. The lowest BCUT2D eigenvalue weighted by molar-refractivity contribution is 0.240. The van der Waals surface area contributed by atoms with Crippen LogP contribution >= 0.6 is 0 Å². The quantitative estimate of drug-likeness (QED) is 0.809. The molecule has 104 valence electrons. The summed E-state index contributed by atoms with van der Waals surface area (Å²) in [5.74, 6) is 0. The van der Waals surface area contributed by atoms with Crippen LogP contribution in [0.1, 0.15) is 46.7 Å². The van der Waals surface area contributed by atoms with Crippen molar-refractivity contribution in [2.24, 2.45) is 5.41 Å². The van der Waals surface area contributed by atoms with Crippen molar-refractivity contribution in [1.29, 1.82) is 0 Å². The first kappa shape index (κ1) is 15.1. The third kappa shape index (κ3) is 5.60. The predicted molar refractivity (Wildman–Crippen MR) is 72.1 cm³/mol. The van der Waals surface area contributed by atoms with Gasteiger partial charge in [-0.05, 0) is 25.7 Å². The third-order valence-electron chi connectivity index (χ3n) is 2.64. The molecule has 0 radical (unpaired) electrons. The molecule has 0 atom stereocenters. The summed E-state index contributed by atoms with van der Waals surface area (Å²) in [6.45, 7) is 12.4. The number of aromatic nitrogens is 3. The highest BCUT2D eigenvalue weighted by Crippen LogP contribution is 2.26. The van der Waals surface area contributed by atoms with E-state index in [2.05, 4.69) is 50.2 Å². The van der Waals surface area contributed by atoms with Gasteiger partial charge in [0.05, 0.1) is 18.8 Å². The van der Waals surface area contributed by atoms with Gasteiger partial charge in [-0.15, -0.1) is 5.10 Å². The van der Waals surface area contributed by atoms with Crippen molar-refractivity contribution in [3.05, 3.63) is 11.9 Å². The Morgan fingerprint density at radius 3 is 2.50 bits per heavy atom. The predicted octanol–water partition coefficient (Wildman–Crippen LogP) is 1.57. The Morgan fingerprint density at radius 2 is 1.94 bits per heavy atom. The molecule has 5 nitrogen and oxygen atoms in total. The van der Waals surface area contributed by atoms with Crippen molar-refractivity contribution in [3.63, 3.8) is 0 Å². The second-order valence-electron chi connectivity index (χ2n) is 6.67. The monoisotopic (exact) mass is 254 g/mol. The molecule has 0 aliphatic heterocycles. The zero-order valence-corrected chi connectivity index (χ0v) is 12.2. The number of hydrogen-bond acceptors (Lipinski definition) is 4. The van der Waals surface area contributed by atoms with Crippen LogP contribution in [-0.2, 0) is 13.1 Å². The van der Waals surface area contributed by atoms with E-state index in [0.29, 0.717) is 18.5 Å². The van der Waals surface area contributed by atoms with E-state index in [9.17, 15) is 0 Å². The molecule has 0 aliphatic carbocycles. The minimum absolute atomic E-state index is 0.0685. The SMILES string of the molecule is CC(C)(C)CC(C)(C)NCc1cn(CCO)nn1.